The first kappa shape index (κ1) is 13.5. The molecule has 0 radical (unpaired) electrons. The summed E-state index contributed by atoms with van der Waals surface area (Å²) >= 11 is 0. The molecule has 4 nitrogen and oxygen atoms in total. The Balaban J connectivity index is 2.43. The van der Waals surface area contributed by atoms with Crippen molar-refractivity contribution in [2.24, 2.45) is 0 Å². The molecule has 1 rings (SSSR count). The van der Waals surface area contributed by atoms with E-state index in [1.165, 1.54) is 0 Å². The van der Waals surface area contributed by atoms with E-state index in [0.29, 0.717) is 0 Å². The molecule has 1 fully saturated rings. The van der Waals surface area contributed by atoms with Crippen molar-refractivity contribution in [3.63, 3.8) is 0 Å². The van der Waals surface area contributed by atoms with Gasteiger partial charge in [0.15, 0.2) is 0 Å². The van der Waals surface area contributed by atoms with Gasteiger partial charge < -0.3 is 15.3 Å². The van der Waals surface area contributed by atoms with Crippen LogP contribution in [0.25, 0.3) is 0 Å². The lowest BCUT2D eigenvalue weighted by Crippen LogP contribution is -2.51. The van der Waals surface area contributed by atoms with Crippen LogP contribution in [0.2, 0.25) is 0 Å². The van der Waals surface area contributed by atoms with Crippen LogP contribution >= 0.6 is 0 Å². The number of amides is 1. The average Bonchev–Trinajstić information content (AvgIpc) is 2.30. The molecular formula is C12H24N2O2. The van der Waals surface area contributed by atoms with Crippen molar-refractivity contribution < 1.29 is 9.90 Å². The number of likely N-dealkylation sites (N-methyl/N-ethyl adjacent to an activating group) is 1. The van der Waals surface area contributed by atoms with Gasteiger partial charge in [-0.25, -0.2) is 0 Å². The monoisotopic (exact) mass is 228 g/mol. The summed E-state index contributed by atoms with van der Waals surface area (Å²) in [5, 5.41) is 13.1. The van der Waals surface area contributed by atoms with Crippen LogP contribution < -0.4 is 5.32 Å². The maximum Gasteiger partial charge on any atom is 0.239 e. The van der Waals surface area contributed by atoms with Gasteiger partial charge in [-0.3, -0.25) is 4.79 Å². The average molecular weight is 228 g/mol. The van der Waals surface area contributed by atoms with Gasteiger partial charge in [0.1, 0.15) is 0 Å². The third-order valence-corrected chi connectivity index (χ3v) is 3.41. The summed E-state index contributed by atoms with van der Waals surface area (Å²) in [4.78, 5) is 13.5. The number of nitrogens with zero attached hydrogens (tertiary/aromatic N) is 1. The van der Waals surface area contributed by atoms with Crippen molar-refractivity contribution in [2.75, 3.05) is 13.6 Å². The van der Waals surface area contributed by atoms with E-state index in [9.17, 15) is 9.90 Å². The van der Waals surface area contributed by atoms with Crippen LogP contribution in [0.4, 0.5) is 0 Å². The molecule has 1 saturated carbocycles. The summed E-state index contributed by atoms with van der Waals surface area (Å²) in [7, 11) is 1.80. The summed E-state index contributed by atoms with van der Waals surface area (Å²) < 4.78 is 0. The lowest BCUT2D eigenvalue weighted by atomic mass is 9.92. The molecule has 0 aliphatic heterocycles. The summed E-state index contributed by atoms with van der Waals surface area (Å²) in [6, 6.07) is -0.124. The molecule has 1 aliphatic carbocycles. The van der Waals surface area contributed by atoms with Crippen LogP contribution in [0.5, 0.6) is 0 Å². The minimum atomic E-state index is -0.295. The molecule has 16 heavy (non-hydrogen) atoms. The van der Waals surface area contributed by atoms with Gasteiger partial charge in [0.25, 0.3) is 0 Å². The molecular weight excluding hydrogens is 204 g/mol. The molecule has 3 atom stereocenters. The van der Waals surface area contributed by atoms with E-state index in [2.05, 4.69) is 5.32 Å². The first-order chi connectivity index (χ1) is 7.56. The molecule has 0 spiro atoms. The van der Waals surface area contributed by atoms with E-state index in [4.69, 9.17) is 0 Å². The Morgan fingerprint density at radius 3 is 2.69 bits per heavy atom. The van der Waals surface area contributed by atoms with Crippen LogP contribution in [0.1, 0.15) is 39.5 Å². The predicted molar refractivity (Wildman–Crippen MR) is 64.2 cm³/mol. The van der Waals surface area contributed by atoms with Gasteiger partial charge in [0.2, 0.25) is 5.91 Å². The third-order valence-electron chi connectivity index (χ3n) is 3.41. The van der Waals surface area contributed by atoms with Crippen molar-refractivity contribution in [1.29, 1.82) is 0 Å². The fourth-order valence-corrected chi connectivity index (χ4v) is 2.18. The van der Waals surface area contributed by atoms with Crippen molar-refractivity contribution in [2.45, 2.75) is 57.7 Å². The van der Waals surface area contributed by atoms with Crippen molar-refractivity contribution in [3.05, 3.63) is 0 Å². The number of rotatable bonds is 4. The smallest absolute Gasteiger partial charge is 0.239 e. The van der Waals surface area contributed by atoms with Crippen LogP contribution in [0.15, 0.2) is 0 Å². The Morgan fingerprint density at radius 1 is 1.50 bits per heavy atom. The maximum atomic E-state index is 11.8. The van der Waals surface area contributed by atoms with E-state index in [1.54, 1.807) is 11.9 Å². The highest BCUT2D eigenvalue weighted by molar-refractivity contribution is 5.81. The molecule has 0 aromatic carbocycles. The molecule has 0 bridgehead atoms. The second-order valence-corrected chi connectivity index (χ2v) is 4.70. The highest BCUT2D eigenvalue weighted by Gasteiger charge is 2.26. The zero-order valence-corrected chi connectivity index (χ0v) is 10.6. The Hall–Kier alpha value is -0.610. The highest BCUT2D eigenvalue weighted by Crippen LogP contribution is 2.18. The Bertz CT molecular complexity index is 233. The number of hydrogen-bond acceptors (Lipinski definition) is 3. The second kappa shape index (κ2) is 6.21. The zero-order valence-electron chi connectivity index (χ0n) is 10.6. The largest absolute Gasteiger partial charge is 0.392 e. The summed E-state index contributed by atoms with van der Waals surface area (Å²) in [6.45, 7) is 4.55. The molecule has 1 amide bonds. The van der Waals surface area contributed by atoms with Crippen molar-refractivity contribution >= 4 is 5.91 Å². The van der Waals surface area contributed by atoms with Crippen LogP contribution in [-0.4, -0.2) is 47.7 Å². The Labute approximate surface area is 98.0 Å². The lowest BCUT2D eigenvalue weighted by molar-refractivity contribution is -0.132. The molecule has 0 saturated heterocycles. The topological polar surface area (TPSA) is 52.6 Å². The molecule has 94 valence electrons. The Kier molecular flexibility index (Phi) is 5.22. The second-order valence-electron chi connectivity index (χ2n) is 4.70. The number of aliphatic hydroxyl groups is 1. The summed E-state index contributed by atoms with van der Waals surface area (Å²) in [6.07, 6.45) is 3.75. The molecule has 0 aromatic heterocycles. The lowest BCUT2D eigenvalue weighted by Gasteiger charge is -2.31. The number of carbonyl (C=O) groups is 1. The highest BCUT2D eigenvalue weighted by atomic mass is 16.3. The van der Waals surface area contributed by atoms with Gasteiger partial charge in [0, 0.05) is 19.6 Å². The van der Waals surface area contributed by atoms with Gasteiger partial charge in [-0.05, 0) is 26.7 Å². The number of nitrogens with one attached hydrogen (secondary N) is 1. The molecule has 4 heteroatoms. The van der Waals surface area contributed by atoms with Gasteiger partial charge in [0.05, 0.1) is 12.1 Å². The molecule has 1 aliphatic rings. The third kappa shape index (κ3) is 3.46. The summed E-state index contributed by atoms with van der Waals surface area (Å²) in [5.41, 5.74) is 0. The fraction of sp³-hybridized carbons (Fsp3) is 0.917. The summed E-state index contributed by atoms with van der Waals surface area (Å²) in [5.74, 6) is 0.0975. The number of hydrogen-bond donors (Lipinski definition) is 2. The van der Waals surface area contributed by atoms with Crippen LogP contribution in [-0.2, 0) is 4.79 Å². The van der Waals surface area contributed by atoms with Gasteiger partial charge in [-0.2, -0.15) is 0 Å². The quantitative estimate of drug-likeness (QED) is 0.746. The van der Waals surface area contributed by atoms with E-state index in [0.717, 1.165) is 32.2 Å². The normalized spacial score (nSPS) is 27.5. The van der Waals surface area contributed by atoms with Crippen LogP contribution in [0.3, 0.4) is 0 Å². The number of aliphatic hydroxyl groups excluding tert-OH is 1. The van der Waals surface area contributed by atoms with E-state index >= 15 is 0 Å². The molecule has 2 N–H and O–H groups in total. The molecule has 0 heterocycles. The first-order valence-corrected chi connectivity index (χ1v) is 6.25. The maximum absolute atomic E-state index is 11.8. The predicted octanol–water partition coefficient (Wildman–Crippen LogP) is 0.746. The molecule has 0 aromatic rings. The van der Waals surface area contributed by atoms with Crippen molar-refractivity contribution in [3.8, 4) is 0 Å². The minimum absolute atomic E-state index is 0.0814. The van der Waals surface area contributed by atoms with E-state index < -0.39 is 0 Å². The first-order valence-electron chi connectivity index (χ1n) is 6.25. The van der Waals surface area contributed by atoms with Gasteiger partial charge in [-0.15, -0.1) is 0 Å². The van der Waals surface area contributed by atoms with E-state index in [1.807, 2.05) is 13.8 Å². The van der Waals surface area contributed by atoms with Crippen LogP contribution in [0, 0.1) is 0 Å². The fourth-order valence-electron chi connectivity index (χ4n) is 2.18. The standard InChI is InChI=1S/C12H24N2O2/c1-4-14(3)12(16)9(2)13-10-7-5-6-8-11(10)15/h9-11,13,15H,4-8H2,1-3H3/t9?,10-,11-/m1/s1. The minimum Gasteiger partial charge on any atom is -0.392 e. The number of carbonyl (C=O) groups excluding carboxylic acids is 1. The zero-order chi connectivity index (χ0) is 12.1. The van der Waals surface area contributed by atoms with Gasteiger partial charge >= 0.3 is 0 Å². The molecule has 1 unspecified atom stereocenters. The van der Waals surface area contributed by atoms with Gasteiger partial charge in [-0.1, -0.05) is 12.8 Å². The Morgan fingerprint density at radius 2 is 2.12 bits per heavy atom. The SMILES string of the molecule is CCN(C)C(=O)C(C)N[C@@H]1CCCC[C@H]1O. The van der Waals surface area contributed by atoms with Crippen molar-refractivity contribution in [1.82, 2.24) is 10.2 Å². The van der Waals surface area contributed by atoms with E-state index in [-0.39, 0.29) is 24.1 Å².